The predicted octanol–water partition coefficient (Wildman–Crippen LogP) is 4.64. The Morgan fingerprint density at radius 3 is 2.57 bits per heavy atom. The van der Waals surface area contributed by atoms with Gasteiger partial charge < -0.3 is 15.0 Å². The molecule has 184 valence electrons. The highest BCUT2D eigenvalue weighted by molar-refractivity contribution is 7.92. The second-order valence-corrected chi connectivity index (χ2v) is 11.2. The van der Waals surface area contributed by atoms with Gasteiger partial charge in [-0.15, -0.1) is 0 Å². The van der Waals surface area contributed by atoms with Gasteiger partial charge in [-0.3, -0.25) is 4.72 Å². The molecule has 0 aliphatic carbocycles. The number of imidazole rings is 1. The molecule has 4 aromatic rings. The van der Waals surface area contributed by atoms with Crippen LogP contribution in [0.2, 0.25) is 0 Å². The Morgan fingerprint density at radius 1 is 1.03 bits per heavy atom. The van der Waals surface area contributed by atoms with Gasteiger partial charge in [-0.25, -0.2) is 13.4 Å². The maximum Gasteiger partial charge on any atom is 0.261 e. The molecule has 3 aromatic carbocycles. The lowest BCUT2D eigenvalue weighted by molar-refractivity contribution is 0.158. The first kappa shape index (κ1) is 24.9. The minimum atomic E-state index is -3.69. The number of nitrogens with one attached hydrogen (secondary N) is 2. The average Bonchev–Trinajstić information content (AvgIpc) is 3.24. The third kappa shape index (κ3) is 6.28. The number of nitrogens with zero attached hydrogens (tertiary/aromatic N) is 2. The van der Waals surface area contributed by atoms with E-state index in [4.69, 9.17) is 0 Å². The lowest BCUT2D eigenvalue weighted by Gasteiger charge is -2.28. The summed E-state index contributed by atoms with van der Waals surface area (Å²) in [6, 6.07) is 21.3. The number of hydrogen-bond donors (Lipinski definition) is 3. The molecule has 0 aliphatic rings. The van der Waals surface area contributed by atoms with E-state index in [1.54, 1.807) is 54.6 Å². The Labute approximate surface area is 206 Å². The number of hydrogen-bond acceptors (Lipinski definition) is 5. The van der Waals surface area contributed by atoms with Crippen molar-refractivity contribution in [3.63, 3.8) is 0 Å². The molecule has 0 aliphatic heterocycles. The number of rotatable bonds is 10. The number of aliphatic hydroxyl groups is 1. The van der Waals surface area contributed by atoms with Gasteiger partial charge in [0.15, 0.2) is 0 Å². The van der Waals surface area contributed by atoms with Crippen molar-refractivity contribution >= 4 is 26.7 Å². The molecule has 35 heavy (non-hydrogen) atoms. The maximum absolute atomic E-state index is 12.6. The standard InChI is InChI=1S/C27H32N4O3S/c1-20-12-13-24-25(16-20)31(19-28-24)15-14-27(2,3)29-18-26(32)21-8-7-9-22(17-21)30-35(33,34)23-10-5-4-6-11-23/h4-13,16-17,19,26,29-30,32H,14-15,18H2,1-3H3/t26-/m0/s1. The van der Waals surface area contributed by atoms with Gasteiger partial charge in [0.2, 0.25) is 0 Å². The fraction of sp³-hybridized carbons (Fsp3) is 0.296. The summed E-state index contributed by atoms with van der Waals surface area (Å²) < 4.78 is 30.0. The van der Waals surface area contributed by atoms with Crippen LogP contribution in [0.15, 0.2) is 84.0 Å². The van der Waals surface area contributed by atoms with Crippen LogP contribution in [0.4, 0.5) is 5.69 Å². The van der Waals surface area contributed by atoms with Crippen LogP contribution in [0, 0.1) is 6.92 Å². The van der Waals surface area contributed by atoms with E-state index in [0.29, 0.717) is 17.8 Å². The number of aliphatic hydroxyl groups excluding tert-OH is 1. The smallest absolute Gasteiger partial charge is 0.261 e. The highest BCUT2D eigenvalue weighted by atomic mass is 32.2. The van der Waals surface area contributed by atoms with Crippen LogP contribution in [0.5, 0.6) is 0 Å². The van der Waals surface area contributed by atoms with Crippen LogP contribution < -0.4 is 10.0 Å². The number of fused-ring (bicyclic) bond motifs is 1. The van der Waals surface area contributed by atoms with Gasteiger partial charge in [-0.05, 0) is 74.7 Å². The van der Waals surface area contributed by atoms with Crippen LogP contribution in [0.1, 0.15) is 37.5 Å². The second kappa shape index (κ2) is 10.2. The Morgan fingerprint density at radius 2 is 1.80 bits per heavy atom. The zero-order valence-corrected chi connectivity index (χ0v) is 21.1. The normalized spacial score (nSPS) is 13.1. The molecular formula is C27H32N4O3S. The topological polar surface area (TPSA) is 96.2 Å². The van der Waals surface area contributed by atoms with Crippen LogP contribution >= 0.6 is 0 Å². The molecule has 0 bridgehead atoms. The van der Waals surface area contributed by atoms with Gasteiger partial charge in [-0.2, -0.15) is 0 Å². The number of β-amino-alcohol motifs (C(OH)–C–C–N with tert-alkyl or cyclic N) is 1. The molecular weight excluding hydrogens is 460 g/mol. The fourth-order valence-corrected chi connectivity index (χ4v) is 5.02. The first-order valence-electron chi connectivity index (χ1n) is 11.7. The van der Waals surface area contributed by atoms with E-state index in [-0.39, 0.29) is 10.4 Å². The molecule has 0 fully saturated rings. The molecule has 8 heteroatoms. The third-order valence-corrected chi connectivity index (χ3v) is 7.50. The van der Waals surface area contributed by atoms with E-state index in [2.05, 4.69) is 52.5 Å². The monoisotopic (exact) mass is 492 g/mol. The lowest BCUT2D eigenvalue weighted by Crippen LogP contribution is -2.42. The van der Waals surface area contributed by atoms with Gasteiger partial charge in [0.05, 0.1) is 28.4 Å². The van der Waals surface area contributed by atoms with Gasteiger partial charge in [0, 0.05) is 24.3 Å². The molecule has 1 atom stereocenters. The van der Waals surface area contributed by atoms with Crippen molar-refractivity contribution in [3.05, 3.63) is 90.3 Å². The van der Waals surface area contributed by atoms with Gasteiger partial charge in [0.25, 0.3) is 10.0 Å². The molecule has 3 N–H and O–H groups in total. The average molecular weight is 493 g/mol. The first-order valence-corrected chi connectivity index (χ1v) is 13.1. The number of aromatic nitrogens is 2. The molecule has 1 aromatic heterocycles. The highest BCUT2D eigenvalue weighted by Crippen LogP contribution is 2.22. The largest absolute Gasteiger partial charge is 0.387 e. The summed E-state index contributed by atoms with van der Waals surface area (Å²) >= 11 is 0. The number of benzene rings is 3. The lowest BCUT2D eigenvalue weighted by atomic mass is 9.99. The summed E-state index contributed by atoms with van der Waals surface area (Å²) in [5.74, 6) is 0. The molecule has 0 amide bonds. The van der Waals surface area contributed by atoms with Gasteiger partial charge in [-0.1, -0.05) is 36.4 Å². The van der Waals surface area contributed by atoms with E-state index in [9.17, 15) is 13.5 Å². The molecule has 0 saturated carbocycles. The summed E-state index contributed by atoms with van der Waals surface area (Å²) in [6.07, 6.45) is 1.93. The van der Waals surface area contributed by atoms with Crippen LogP contribution in [0.3, 0.4) is 0 Å². The summed E-state index contributed by atoms with van der Waals surface area (Å²) in [4.78, 5) is 4.67. The first-order chi connectivity index (χ1) is 16.6. The number of anilines is 1. The van der Waals surface area contributed by atoms with Crippen molar-refractivity contribution < 1.29 is 13.5 Å². The Hall–Kier alpha value is -3.20. The molecule has 0 radical (unpaired) electrons. The summed E-state index contributed by atoms with van der Waals surface area (Å²) in [5, 5.41) is 14.2. The molecule has 4 rings (SSSR count). The minimum Gasteiger partial charge on any atom is -0.387 e. The van der Waals surface area contributed by atoms with Crippen LogP contribution in [0.25, 0.3) is 11.0 Å². The van der Waals surface area contributed by atoms with Crippen LogP contribution in [-0.4, -0.2) is 35.2 Å². The maximum atomic E-state index is 12.6. The Kier molecular flexibility index (Phi) is 7.25. The molecule has 0 unspecified atom stereocenters. The zero-order valence-electron chi connectivity index (χ0n) is 20.3. The van der Waals surface area contributed by atoms with Crippen molar-refractivity contribution in [2.75, 3.05) is 11.3 Å². The zero-order chi connectivity index (χ0) is 25.1. The summed E-state index contributed by atoms with van der Waals surface area (Å²) in [5.41, 5.74) is 4.13. The summed E-state index contributed by atoms with van der Waals surface area (Å²) in [7, 11) is -3.69. The SMILES string of the molecule is Cc1ccc2ncn(CCC(C)(C)NC[C@H](O)c3cccc(NS(=O)(=O)c4ccccc4)c3)c2c1. The van der Waals surface area contributed by atoms with E-state index in [0.717, 1.165) is 24.0 Å². The van der Waals surface area contributed by atoms with Crippen molar-refractivity contribution in [2.45, 2.75) is 50.3 Å². The van der Waals surface area contributed by atoms with Gasteiger partial charge >= 0.3 is 0 Å². The van der Waals surface area contributed by atoms with Crippen LogP contribution in [-0.2, 0) is 16.6 Å². The van der Waals surface area contributed by atoms with E-state index in [1.165, 1.54) is 5.56 Å². The molecule has 0 saturated heterocycles. The van der Waals surface area contributed by atoms with Crippen molar-refractivity contribution in [1.29, 1.82) is 0 Å². The number of sulfonamides is 1. The Bertz CT molecular complexity index is 1400. The van der Waals surface area contributed by atoms with Crippen molar-refractivity contribution in [2.24, 2.45) is 0 Å². The fourth-order valence-electron chi connectivity index (χ4n) is 3.95. The Balaban J connectivity index is 1.36. The molecule has 0 spiro atoms. The van der Waals surface area contributed by atoms with Crippen molar-refractivity contribution in [1.82, 2.24) is 14.9 Å². The summed E-state index contributed by atoms with van der Waals surface area (Å²) in [6.45, 7) is 7.42. The number of aryl methyl sites for hydroxylation is 2. The second-order valence-electron chi connectivity index (χ2n) is 9.50. The minimum absolute atomic E-state index is 0.190. The van der Waals surface area contributed by atoms with E-state index >= 15 is 0 Å². The predicted molar refractivity (Wildman–Crippen MR) is 140 cm³/mol. The molecule has 7 nitrogen and oxygen atoms in total. The highest BCUT2D eigenvalue weighted by Gasteiger charge is 2.20. The molecule has 1 heterocycles. The van der Waals surface area contributed by atoms with E-state index in [1.807, 2.05) is 12.4 Å². The third-order valence-electron chi connectivity index (χ3n) is 6.11. The van der Waals surface area contributed by atoms with Gasteiger partial charge in [0.1, 0.15) is 0 Å². The van der Waals surface area contributed by atoms with E-state index < -0.39 is 16.1 Å². The quantitative estimate of drug-likeness (QED) is 0.300. The van der Waals surface area contributed by atoms with Crippen molar-refractivity contribution in [3.8, 4) is 0 Å².